The van der Waals surface area contributed by atoms with Gasteiger partial charge in [0.2, 0.25) is 5.75 Å². The highest BCUT2D eigenvalue weighted by Crippen LogP contribution is 2.39. The van der Waals surface area contributed by atoms with Crippen LogP contribution in [0.25, 0.3) is 10.9 Å². The van der Waals surface area contributed by atoms with Gasteiger partial charge in [-0.1, -0.05) is 74.6 Å². The van der Waals surface area contributed by atoms with Gasteiger partial charge < -0.3 is 9.47 Å². The van der Waals surface area contributed by atoms with Gasteiger partial charge in [0.15, 0.2) is 5.75 Å². The van der Waals surface area contributed by atoms with Crippen LogP contribution in [0.1, 0.15) is 44.6 Å². The van der Waals surface area contributed by atoms with Crippen molar-refractivity contribution < 1.29 is 14.4 Å². The summed E-state index contributed by atoms with van der Waals surface area (Å²) >= 11 is 10.3. The van der Waals surface area contributed by atoms with Crippen LogP contribution >= 0.6 is 47.8 Å². The Kier molecular flexibility index (Phi) is 9.11. The first-order valence-corrected chi connectivity index (χ1v) is 14.6. The Morgan fingerprint density at radius 1 is 1.05 bits per heavy atom. The minimum atomic E-state index is -0.534. The molecule has 3 aromatic carbocycles. The zero-order valence-corrected chi connectivity index (χ0v) is 26.8. The second-order valence-electron chi connectivity index (χ2n) is 9.79. The van der Waals surface area contributed by atoms with Crippen molar-refractivity contribution in [3.63, 3.8) is 0 Å². The summed E-state index contributed by atoms with van der Waals surface area (Å²) < 4.78 is 15.3. The highest BCUT2D eigenvalue weighted by atomic mass is 79.9. The second-order valence-corrected chi connectivity index (χ2v) is 12.5. The molecule has 9 nitrogen and oxygen atoms in total. The van der Waals surface area contributed by atoms with Crippen molar-refractivity contribution in [3.05, 3.63) is 99.4 Å². The van der Waals surface area contributed by atoms with Gasteiger partial charge in [-0.2, -0.15) is 9.78 Å². The number of fused-ring (bicyclic) bond motifs is 1. The highest BCUT2D eigenvalue weighted by molar-refractivity contribution is 9.11. The van der Waals surface area contributed by atoms with Crippen molar-refractivity contribution >= 4 is 70.6 Å². The Morgan fingerprint density at radius 2 is 1.75 bits per heavy atom. The lowest BCUT2D eigenvalue weighted by Gasteiger charge is -2.21. The molecule has 12 heteroatoms. The first kappa shape index (κ1) is 29.9. The zero-order valence-electron chi connectivity index (χ0n) is 22.1. The number of halogens is 3. The van der Waals surface area contributed by atoms with E-state index in [0.29, 0.717) is 22.3 Å². The SMILES string of the molecule is CCOc1cc(C=Nn2c(C(C)(C)C)nc3ccc(Br)cc3c2=O)cc([N+](=O)[O-])c1OCc1ccc(Br)cc1Br. The van der Waals surface area contributed by atoms with Crippen LogP contribution in [0.15, 0.2) is 71.8 Å². The molecular weight excluding hydrogens is 712 g/mol. The molecule has 0 N–H and O–H groups in total. The van der Waals surface area contributed by atoms with E-state index in [1.165, 1.54) is 17.0 Å². The molecule has 208 valence electrons. The van der Waals surface area contributed by atoms with Gasteiger partial charge in [0, 0.05) is 36.0 Å². The lowest BCUT2D eigenvalue weighted by atomic mass is 9.95. The van der Waals surface area contributed by atoms with Crippen LogP contribution in [-0.2, 0) is 12.0 Å². The molecule has 0 aliphatic rings. The molecule has 0 aliphatic carbocycles. The Morgan fingerprint density at radius 3 is 2.40 bits per heavy atom. The van der Waals surface area contributed by atoms with Crippen LogP contribution in [0.4, 0.5) is 5.69 Å². The number of nitro groups is 1. The molecule has 4 rings (SSSR count). The van der Waals surface area contributed by atoms with Crippen molar-refractivity contribution in [2.45, 2.75) is 39.7 Å². The topological polar surface area (TPSA) is 109 Å². The summed E-state index contributed by atoms with van der Waals surface area (Å²) in [6.45, 7) is 7.89. The Labute approximate surface area is 255 Å². The number of nitrogens with zero attached hydrogens (tertiary/aromatic N) is 4. The van der Waals surface area contributed by atoms with Gasteiger partial charge in [-0.05, 0) is 43.3 Å². The Balaban J connectivity index is 1.80. The average molecular weight is 737 g/mol. The molecule has 0 amide bonds. The summed E-state index contributed by atoms with van der Waals surface area (Å²) in [6.07, 6.45) is 1.38. The normalized spacial score (nSPS) is 11.8. The molecule has 0 unspecified atom stereocenters. The minimum absolute atomic E-state index is 0.00332. The molecular formula is C28H25Br3N4O5. The van der Waals surface area contributed by atoms with E-state index in [1.807, 2.05) is 45.0 Å². The molecule has 0 atom stereocenters. The molecule has 40 heavy (non-hydrogen) atoms. The molecule has 0 radical (unpaired) electrons. The second kappa shape index (κ2) is 12.2. The molecule has 0 saturated heterocycles. The lowest BCUT2D eigenvalue weighted by molar-refractivity contribution is -0.386. The van der Waals surface area contributed by atoms with Crippen molar-refractivity contribution in [1.29, 1.82) is 0 Å². The minimum Gasteiger partial charge on any atom is -0.490 e. The monoisotopic (exact) mass is 734 g/mol. The van der Waals surface area contributed by atoms with Crippen molar-refractivity contribution in [3.8, 4) is 11.5 Å². The van der Waals surface area contributed by atoms with Gasteiger partial charge in [-0.25, -0.2) is 4.98 Å². The summed E-state index contributed by atoms with van der Waals surface area (Å²) in [5.41, 5.74) is 0.553. The molecule has 0 spiro atoms. The number of aromatic nitrogens is 2. The summed E-state index contributed by atoms with van der Waals surface area (Å²) in [6, 6.07) is 13.8. The van der Waals surface area contributed by atoms with Crippen LogP contribution in [0.3, 0.4) is 0 Å². The lowest BCUT2D eigenvalue weighted by Crippen LogP contribution is -2.29. The Bertz CT molecular complexity index is 1700. The average Bonchev–Trinajstić information content (AvgIpc) is 2.87. The predicted octanol–water partition coefficient (Wildman–Crippen LogP) is 7.75. The number of nitro benzene ring substituents is 1. The third kappa shape index (κ3) is 6.61. The molecule has 0 aliphatic heterocycles. The summed E-state index contributed by atoms with van der Waals surface area (Å²) in [5.74, 6) is 0.641. The van der Waals surface area contributed by atoms with E-state index in [9.17, 15) is 14.9 Å². The van der Waals surface area contributed by atoms with E-state index >= 15 is 0 Å². The van der Waals surface area contributed by atoms with Crippen molar-refractivity contribution in [1.82, 2.24) is 9.66 Å². The summed E-state index contributed by atoms with van der Waals surface area (Å²) in [7, 11) is 0. The number of ether oxygens (including phenoxy) is 2. The molecule has 0 fully saturated rings. The fourth-order valence-corrected chi connectivity index (χ4v) is 5.40. The molecule has 1 heterocycles. The van der Waals surface area contributed by atoms with Crippen molar-refractivity contribution in [2.24, 2.45) is 5.10 Å². The third-order valence-corrected chi connectivity index (χ3v) is 7.47. The number of hydrogen-bond acceptors (Lipinski definition) is 7. The fourth-order valence-electron chi connectivity index (χ4n) is 3.88. The van der Waals surface area contributed by atoms with Gasteiger partial charge >= 0.3 is 5.69 Å². The van der Waals surface area contributed by atoms with Crippen LogP contribution in [0, 0.1) is 10.1 Å². The largest absolute Gasteiger partial charge is 0.490 e. The first-order valence-electron chi connectivity index (χ1n) is 12.2. The van der Waals surface area contributed by atoms with Gasteiger partial charge in [0.1, 0.15) is 12.4 Å². The van der Waals surface area contributed by atoms with Crippen LogP contribution < -0.4 is 15.0 Å². The van der Waals surface area contributed by atoms with Crippen LogP contribution in [0.2, 0.25) is 0 Å². The fraction of sp³-hybridized carbons (Fsp3) is 0.250. The van der Waals surface area contributed by atoms with E-state index < -0.39 is 10.3 Å². The van der Waals surface area contributed by atoms with Crippen LogP contribution in [-0.4, -0.2) is 27.4 Å². The predicted molar refractivity (Wildman–Crippen MR) is 166 cm³/mol. The standard InChI is InChI=1S/C28H25Br3N4O5/c1-5-39-24-11-16(10-23(35(37)38)25(24)40-15-17-6-7-19(30)13-21(17)31)14-32-34-26(36)20-12-18(29)8-9-22(20)33-27(34)28(2,3)4/h6-14H,5,15H2,1-4H3. The molecule has 0 bridgehead atoms. The van der Waals surface area contributed by atoms with Gasteiger partial charge in [-0.3, -0.25) is 14.9 Å². The van der Waals surface area contributed by atoms with E-state index in [-0.39, 0.29) is 36.0 Å². The smallest absolute Gasteiger partial charge is 0.315 e. The molecule has 0 saturated carbocycles. The zero-order chi connectivity index (χ0) is 29.2. The number of rotatable bonds is 8. The van der Waals surface area contributed by atoms with E-state index in [2.05, 4.69) is 52.9 Å². The van der Waals surface area contributed by atoms with Gasteiger partial charge in [-0.15, -0.1) is 0 Å². The maximum atomic E-state index is 13.5. The maximum Gasteiger partial charge on any atom is 0.315 e. The molecule has 4 aromatic rings. The number of hydrogen-bond donors (Lipinski definition) is 0. The Hall–Kier alpha value is -3.09. The van der Waals surface area contributed by atoms with E-state index in [0.717, 1.165) is 19.0 Å². The van der Waals surface area contributed by atoms with Crippen LogP contribution in [0.5, 0.6) is 11.5 Å². The van der Waals surface area contributed by atoms with Gasteiger partial charge in [0.25, 0.3) is 5.56 Å². The maximum absolute atomic E-state index is 13.5. The quantitative estimate of drug-likeness (QED) is 0.104. The molecule has 1 aromatic heterocycles. The summed E-state index contributed by atoms with van der Waals surface area (Å²) in [5, 5.41) is 16.9. The van der Waals surface area contributed by atoms with E-state index in [1.54, 1.807) is 25.1 Å². The summed E-state index contributed by atoms with van der Waals surface area (Å²) in [4.78, 5) is 29.7. The number of benzene rings is 3. The van der Waals surface area contributed by atoms with E-state index in [4.69, 9.17) is 14.5 Å². The third-order valence-electron chi connectivity index (χ3n) is 5.74. The van der Waals surface area contributed by atoms with Crippen molar-refractivity contribution in [2.75, 3.05) is 6.61 Å². The van der Waals surface area contributed by atoms with Gasteiger partial charge in [0.05, 0.1) is 28.6 Å². The first-order chi connectivity index (χ1) is 18.9. The highest BCUT2D eigenvalue weighted by Gasteiger charge is 2.25.